The molecule has 0 aromatic rings. The summed E-state index contributed by atoms with van der Waals surface area (Å²) in [6.45, 7) is 0.606. The van der Waals surface area contributed by atoms with E-state index in [0.717, 1.165) is 19.5 Å². The van der Waals surface area contributed by atoms with E-state index in [1.54, 1.807) is 0 Å². The van der Waals surface area contributed by atoms with Crippen molar-refractivity contribution < 1.29 is 13.9 Å². The van der Waals surface area contributed by atoms with Crippen LogP contribution in [0.1, 0.15) is 12.8 Å². The maximum atomic E-state index is 12.7. The van der Waals surface area contributed by atoms with Crippen molar-refractivity contribution in [1.82, 2.24) is 4.90 Å². The van der Waals surface area contributed by atoms with E-state index in [9.17, 15) is 8.78 Å². The van der Waals surface area contributed by atoms with Crippen LogP contribution in [0, 0.1) is 5.92 Å². The second-order valence-corrected chi connectivity index (χ2v) is 3.64. The van der Waals surface area contributed by atoms with E-state index >= 15 is 0 Å². The highest BCUT2D eigenvalue weighted by molar-refractivity contribution is 4.78. The Bertz CT molecular complexity index is 152. The Labute approximate surface area is 71.2 Å². The summed E-state index contributed by atoms with van der Waals surface area (Å²) in [6.07, 6.45) is 0.653. The molecule has 0 saturated carbocycles. The van der Waals surface area contributed by atoms with Crippen molar-refractivity contribution in [2.45, 2.75) is 18.8 Å². The molecule has 1 heterocycles. The predicted molar refractivity (Wildman–Crippen MR) is 42.3 cm³/mol. The van der Waals surface area contributed by atoms with E-state index in [4.69, 9.17) is 5.11 Å². The monoisotopic (exact) mass is 179 g/mol. The van der Waals surface area contributed by atoms with E-state index in [-0.39, 0.29) is 12.3 Å². The summed E-state index contributed by atoms with van der Waals surface area (Å²) in [5.74, 6) is -2.83. The molecule has 2 nitrogen and oxygen atoms in total. The minimum absolute atomic E-state index is 0.0529. The summed E-state index contributed by atoms with van der Waals surface area (Å²) in [7, 11) is 1.93. The molecule has 1 N–H and O–H groups in total. The molecule has 12 heavy (non-hydrogen) atoms. The molecule has 0 aromatic heterocycles. The summed E-state index contributed by atoms with van der Waals surface area (Å²) in [5.41, 5.74) is 0. The normalized spacial score (nSPS) is 26.5. The number of halogens is 2. The fourth-order valence-electron chi connectivity index (χ4n) is 1.68. The van der Waals surface area contributed by atoms with Crippen molar-refractivity contribution in [3.05, 3.63) is 0 Å². The van der Waals surface area contributed by atoms with E-state index in [0.29, 0.717) is 0 Å². The van der Waals surface area contributed by atoms with Crippen LogP contribution in [-0.2, 0) is 0 Å². The van der Waals surface area contributed by atoms with Crippen LogP contribution in [0.2, 0.25) is 0 Å². The van der Waals surface area contributed by atoms with Crippen LogP contribution in [0.15, 0.2) is 0 Å². The van der Waals surface area contributed by atoms with Crippen LogP contribution >= 0.6 is 0 Å². The molecule has 1 aliphatic heterocycles. The van der Waals surface area contributed by atoms with Gasteiger partial charge in [-0.3, -0.25) is 0 Å². The SMILES string of the molecule is CN1CCC(CC(F)(F)CO)C1. The van der Waals surface area contributed by atoms with Gasteiger partial charge in [-0.2, -0.15) is 0 Å². The number of nitrogens with zero attached hydrogens (tertiary/aromatic N) is 1. The third kappa shape index (κ3) is 2.68. The van der Waals surface area contributed by atoms with Gasteiger partial charge in [-0.25, -0.2) is 8.78 Å². The lowest BCUT2D eigenvalue weighted by atomic mass is 10.0. The van der Waals surface area contributed by atoms with Crippen molar-refractivity contribution in [2.24, 2.45) is 5.92 Å². The Morgan fingerprint density at radius 3 is 2.67 bits per heavy atom. The molecular weight excluding hydrogens is 164 g/mol. The maximum Gasteiger partial charge on any atom is 0.271 e. The van der Waals surface area contributed by atoms with Crippen LogP contribution in [-0.4, -0.2) is 42.7 Å². The van der Waals surface area contributed by atoms with Crippen molar-refractivity contribution in [2.75, 3.05) is 26.7 Å². The average Bonchev–Trinajstić information content (AvgIpc) is 2.35. The van der Waals surface area contributed by atoms with Crippen LogP contribution in [0.5, 0.6) is 0 Å². The van der Waals surface area contributed by atoms with E-state index in [1.165, 1.54) is 0 Å². The van der Waals surface area contributed by atoms with Gasteiger partial charge in [0, 0.05) is 13.0 Å². The zero-order valence-corrected chi connectivity index (χ0v) is 7.26. The van der Waals surface area contributed by atoms with Gasteiger partial charge in [0.1, 0.15) is 6.61 Å². The lowest BCUT2D eigenvalue weighted by Gasteiger charge is -2.17. The standard InChI is InChI=1S/C8H15F2NO/c1-11-3-2-7(5-11)4-8(9,10)6-12/h7,12H,2-6H2,1H3. The van der Waals surface area contributed by atoms with Crippen LogP contribution in [0.3, 0.4) is 0 Å². The summed E-state index contributed by atoms with van der Waals surface area (Å²) >= 11 is 0. The van der Waals surface area contributed by atoms with E-state index in [2.05, 4.69) is 0 Å². The predicted octanol–water partition coefficient (Wildman–Crippen LogP) is 0.956. The van der Waals surface area contributed by atoms with Gasteiger partial charge in [0.05, 0.1) is 0 Å². The van der Waals surface area contributed by atoms with Gasteiger partial charge in [0.2, 0.25) is 0 Å². The van der Waals surface area contributed by atoms with Gasteiger partial charge in [0.25, 0.3) is 5.92 Å². The van der Waals surface area contributed by atoms with Gasteiger partial charge in [-0.15, -0.1) is 0 Å². The minimum Gasteiger partial charge on any atom is -0.390 e. The molecule has 0 spiro atoms. The van der Waals surface area contributed by atoms with Gasteiger partial charge in [-0.1, -0.05) is 0 Å². The topological polar surface area (TPSA) is 23.5 Å². The highest BCUT2D eigenvalue weighted by Gasteiger charge is 2.33. The number of aliphatic hydroxyl groups is 1. The minimum atomic E-state index is -2.88. The Morgan fingerprint density at radius 2 is 2.25 bits per heavy atom. The number of likely N-dealkylation sites (tertiary alicyclic amines) is 1. The maximum absolute atomic E-state index is 12.7. The molecule has 0 amide bonds. The Kier molecular flexibility index (Phi) is 3.01. The van der Waals surface area contributed by atoms with E-state index < -0.39 is 12.5 Å². The molecule has 0 aromatic carbocycles. The molecule has 1 atom stereocenters. The zero-order chi connectivity index (χ0) is 9.19. The Morgan fingerprint density at radius 1 is 1.58 bits per heavy atom. The molecule has 0 aliphatic carbocycles. The Balaban J connectivity index is 2.32. The number of hydrogen-bond acceptors (Lipinski definition) is 2. The second-order valence-electron chi connectivity index (χ2n) is 3.64. The largest absolute Gasteiger partial charge is 0.390 e. The fourth-order valence-corrected chi connectivity index (χ4v) is 1.68. The molecule has 0 bridgehead atoms. The van der Waals surface area contributed by atoms with Crippen molar-refractivity contribution in [1.29, 1.82) is 0 Å². The molecule has 1 rings (SSSR count). The molecular formula is C8H15F2NO. The number of rotatable bonds is 3. The average molecular weight is 179 g/mol. The third-order valence-electron chi connectivity index (χ3n) is 2.31. The molecule has 0 radical (unpaired) electrons. The van der Waals surface area contributed by atoms with Crippen LogP contribution < -0.4 is 0 Å². The van der Waals surface area contributed by atoms with Gasteiger partial charge < -0.3 is 10.0 Å². The summed E-state index contributed by atoms with van der Waals surface area (Å²) < 4.78 is 25.3. The van der Waals surface area contributed by atoms with E-state index in [1.807, 2.05) is 11.9 Å². The zero-order valence-electron chi connectivity index (χ0n) is 7.26. The molecule has 1 fully saturated rings. The Hall–Kier alpha value is -0.220. The highest BCUT2D eigenvalue weighted by Crippen LogP contribution is 2.28. The first-order valence-electron chi connectivity index (χ1n) is 4.21. The van der Waals surface area contributed by atoms with Gasteiger partial charge in [0.15, 0.2) is 0 Å². The van der Waals surface area contributed by atoms with Crippen LogP contribution in [0.25, 0.3) is 0 Å². The van der Waals surface area contributed by atoms with Crippen molar-refractivity contribution >= 4 is 0 Å². The lowest BCUT2D eigenvalue weighted by Crippen LogP contribution is -2.26. The molecule has 1 unspecified atom stereocenters. The highest BCUT2D eigenvalue weighted by atomic mass is 19.3. The first-order chi connectivity index (χ1) is 5.53. The number of aliphatic hydroxyl groups excluding tert-OH is 1. The summed E-state index contributed by atoms with van der Waals surface area (Å²) in [6, 6.07) is 0. The van der Waals surface area contributed by atoms with Crippen molar-refractivity contribution in [3.63, 3.8) is 0 Å². The van der Waals surface area contributed by atoms with Gasteiger partial charge in [-0.05, 0) is 25.9 Å². The second kappa shape index (κ2) is 3.66. The molecule has 1 aliphatic rings. The molecule has 1 saturated heterocycles. The molecule has 72 valence electrons. The lowest BCUT2D eigenvalue weighted by molar-refractivity contribution is -0.0666. The summed E-state index contributed by atoms with van der Waals surface area (Å²) in [4.78, 5) is 2.04. The third-order valence-corrected chi connectivity index (χ3v) is 2.31. The first-order valence-corrected chi connectivity index (χ1v) is 4.21. The van der Waals surface area contributed by atoms with Crippen LogP contribution in [0.4, 0.5) is 8.78 Å². The molecule has 4 heteroatoms. The number of hydrogen-bond donors (Lipinski definition) is 1. The fraction of sp³-hybridized carbons (Fsp3) is 1.00. The van der Waals surface area contributed by atoms with Crippen molar-refractivity contribution in [3.8, 4) is 0 Å². The van der Waals surface area contributed by atoms with Gasteiger partial charge >= 0.3 is 0 Å². The summed E-state index contributed by atoms with van der Waals surface area (Å²) in [5, 5.41) is 8.36. The first kappa shape index (κ1) is 9.86. The number of alkyl halides is 2. The quantitative estimate of drug-likeness (QED) is 0.697. The smallest absolute Gasteiger partial charge is 0.271 e.